The zero-order chi connectivity index (χ0) is 101. The Labute approximate surface area is 857 Å². The van der Waals surface area contributed by atoms with Gasteiger partial charge in [0.15, 0.2) is 17.5 Å². The molecule has 0 saturated carbocycles. The number of fused-ring (bicyclic) bond motifs is 3. The van der Waals surface area contributed by atoms with Crippen LogP contribution in [0.3, 0.4) is 0 Å². The number of aliphatic imine (C=N–C) groups is 3. The number of likely N-dealkylation sites (tertiary alicyclic amines) is 3. The Morgan fingerprint density at radius 3 is 1.05 bits per heavy atom. The van der Waals surface area contributed by atoms with E-state index in [2.05, 4.69) is 201 Å². The topological polar surface area (TPSA) is 317 Å². The van der Waals surface area contributed by atoms with Crippen molar-refractivity contribution in [3.63, 3.8) is 0 Å². The number of aryl methyl sites for hydroxylation is 3. The number of piperidine rings is 1. The SMILES string of the molecule is CC(C)Oc1ccc(C2=NCc3ccc(N4CC[C@@]5(CCN(CC(=O)N6CC=C(c7ccc(-c8ncn(C)n8)cc7)CC6)C5)C4=O)cc32)cn1.CC(C)Oc1ccc(C2=NCc3ccc(N4CC[C@]5(CCN(CC(=O)N6CC=C(c7ccc(-c8ncn(C)n8)cc7)CC6)C5)C4=O)cc32)cn1.CC1CC(C2=NCc3ccc(N4CC[C@]5(CCN(CC(=O)N6CC=C(c7ccc(-c8ncn(C)n8)cc7)CC6)C5)C4=O)cc32)CCN1. The van der Waals surface area contributed by atoms with Crippen molar-refractivity contribution in [3.8, 4) is 45.9 Å². The highest BCUT2D eigenvalue weighted by molar-refractivity contribution is 6.17. The Morgan fingerprint density at radius 1 is 0.395 bits per heavy atom. The lowest BCUT2D eigenvalue weighted by Crippen LogP contribution is -2.43. The van der Waals surface area contributed by atoms with Crippen LogP contribution < -0.4 is 29.5 Å². The number of nitrogens with zero attached hydrogens (tertiary/aromatic N) is 23. The van der Waals surface area contributed by atoms with Crippen molar-refractivity contribution in [3.05, 3.63) is 262 Å². The van der Waals surface area contributed by atoms with Crippen LogP contribution in [0.2, 0.25) is 0 Å². The van der Waals surface area contributed by atoms with Gasteiger partial charge in [0.05, 0.1) is 79.1 Å². The summed E-state index contributed by atoms with van der Waals surface area (Å²) in [6.07, 6.45) is 24.8. The molecule has 5 aromatic heterocycles. The van der Waals surface area contributed by atoms with E-state index in [-0.39, 0.29) is 47.7 Å². The molecular weight excluding hydrogens is 1850 g/mol. The maximum Gasteiger partial charge on any atom is 0.237 e. The molecule has 0 bridgehead atoms. The number of rotatable bonds is 22. The molecule has 5 atom stereocenters. The maximum absolute atomic E-state index is 14.0. The highest BCUT2D eigenvalue weighted by atomic mass is 16.5. The first-order valence-corrected chi connectivity index (χ1v) is 52.3. The smallest absolute Gasteiger partial charge is 0.237 e. The minimum atomic E-state index is -0.446. The number of amides is 6. The van der Waals surface area contributed by atoms with Crippen LogP contribution in [0.25, 0.3) is 50.9 Å². The summed E-state index contributed by atoms with van der Waals surface area (Å²) in [4.78, 5) is 137. The largest absolute Gasteiger partial charge is 0.475 e. The molecule has 24 rings (SSSR count). The molecule has 6 amide bonds. The lowest BCUT2D eigenvalue weighted by Gasteiger charge is -2.29. The van der Waals surface area contributed by atoms with Gasteiger partial charge in [0.1, 0.15) is 19.0 Å². The molecule has 3 spiro atoms. The lowest BCUT2D eigenvalue weighted by molar-refractivity contribution is -0.133. The van der Waals surface area contributed by atoms with Crippen LogP contribution in [0.1, 0.15) is 166 Å². The fourth-order valence-electron chi connectivity index (χ4n) is 23.8. The number of anilines is 3. The highest BCUT2D eigenvalue weighted by Gasteiger charge is 2.55. The maximum atomic E-state index is 14.0. The second kappa shape index (κ2) is 41.1. The number of benzene rings is 6. The molecule has 13 aliphatic heterocycles. The van der Waals surface area contributed by atoms with E-state index in [9.17, 15) is 28.8 Å². The molecule has 0 aliphatic carbocycles. The van der Waals surface area contributed by atoms with Crippen molar-refractivity contribution in [2.45, 2.75) is 143 Å². The quantitative estimate of drug-likeness (QED) is 0.0659. The zero-order valence-electron chi connectivity index (χ0n) is 85.2. The Hall–Kier alpha value is -14.5. The first-order chi connectivity index (χ1) is 71.3. The number of aromatic nitrogens is 11. The van der Waals surface area contributed by atoms with Crippen LogP contribution in [0, 0.1) is 22.2 Å². The van der Waals surface area contributed by atoms with Crippen LogP contribution in [0.5, 0.6) is 11.8 Å². The van der Waals surface area contributed by atoms with Crippen LogP contribution in [0.15, 0.2) is 216 Å². The third-order valence-electron chi connectivity index (χ3n) is 31.9. The molecule has 756 valence electrons. The summed E-state index contributed by atoms with van der Waals surface area (Å²) in [6.45, 7) is 24.4. The van der Waals surface area contributed by atoms with Gasteiger partial charge in [-0.1, -0.05) is 109 Å². The fraction of sp³-hybridized carbons (Fsp3) is 0.417. The summed E-state index contributed by atoms with van der Waals surface area (Å²) in [5, 5.41) is 16.7. The monoisotopic (exact) mass is 1970 g/mol. The summed E-state index contributed by atoms with van der Waals surface area (Å²) >= 11 is 0. The molecule has 0 radical (unpaired) electrons. The van der Waals surface area contributed by atoms with Crippen molar-refractivity contribution >= 4 is 86.4 Å². The number of pyridine rings is 2. The molecule has 11 aromatic rings. The minimum Gasteiger partial charge on any atom is -0.475 e. The van der Waals surface area contributed by atoms with E-state index in [1.807, 2.05) is 127 Å². The lowest BCUT2D eigenvalue weighted by atomic mass is 9.85. The summed E-state index contributed by atoms with van der Waals surface area (Å²) in [6, 6.07) is 52.3. The predicted molar refractivity (Wildman–Crippen MR) is 567 cm³/mol. The molecule has 2 unspecified atom stereocenters. The molecule has 18 heterocycles. The summed E-state index contributed by atoms with van der Waals surface area (Å²) in [7, 11) is 5.59. The van der Waals surface area contributed by atoms with Gasteiger partial charge >= 0.3 is 0 Å². The van der Waals surface area contributed by atoms with Crippen molar-refractivity contribution in [2.75, 3.05) is 139 Å². The van der Waals surface area contributed by atoms with E-state index in [4.69, 9.17) is 24.5 Å². The van der Waals surface area contributed by atoms with Gasteiger partial charge in [-0.25, -0.2) is 24.9 Å². The first-order valence-electron chi connectivity index (χ1n) is 52.3. The van der Waals surface area contributed by atoms with Gasteiger partial charge in [-0.15, -0.1) is 0 Å². The average Bonchev–Trinajstić information content (AvgIpc) is 1.60. The predicted octanol–water partition coefficient (Wildman–Crippen LogP) is 13.4. The molecule has 1 N–H and O–H groups in total. The van der Waals surface area contributed by atoms with Crippen molar-refractivity contribution in [2.24, 2.45) is 58.3 Å². The molecule has 32 nitrogen and oxygen atoms in total. The average molecular weight is 1970 g/mol. The summed E-state index contributed by atoms with van der Waals surface area (Å²) in [5.74, 6) is 4.75. The molecular formula is C115H128N24O8. The van der Waals surface area contributed by atoms with Gasteiger partial charge in [-0.05, 0) is 230 Å². The van der Waals surface area contributed by atoms with E-state index >= 15 is 0 Å². The van der Waals surface area contributed by atoms with Gasteiger partial charge in [-0.2, -0.15) is 15.3 Å². The van der Waals surface area contributed by atoms with Crippen LogP contribution in [0.4, 0.5) is 17.1 Å². The van der Waals surface area contributed by atoms with E-state index in [0.717, 1.165) is 205 Å². The van der Waals surface area contributed by atoms with Gasteiger partial charge in [0, 0.05) is 203 Å². The minimum absolute atomic E-state index is 0.0578. The second-order valence-corrected chi connectivity index (χ2v) is 42.5. The van der Waals surface area contributed by atoms with Crippen molar-refractivity contribution in [1.82, 2.24) is 89.0 Å². The zero-order valence-corrected chi connectivity index (χ0v) is 85.2. The van der Waals surface area contributed by atoms with Gasteiger partial charge in [-0.3, -0.25) is 72.5 Å². The molecule has 13 aliphatic rings. The molecule has 32 heteroatoms. The Balaban J connectivity index is 0.000000125. The number of hydrogen-bond donors (Lipinski definition) is 1. The number of ether oxygens (including phenoxy) is 2. The highest BCUT2D eigenvalue weighted by Crippen LogP contribution is 2.48. The third kappa shape index (κ3) is 20.3. The third-order valence-corrected chi connectivity index (χ3v) is 31.9. The van der Waals surface area contributed by atoms with Gasteiger partial charge < -0.3 is 44.2 Å². The van der Waals surface area contributed by atoms with Crippen molar-refractivity contribution < 1.29 is 38.2 Å². The van der Waals surface area contributed by atoms with E-state index in [1.54, 1.807) is 33.0 Å². The molecule has 147 heavy (non-hydrogen) atoms. The van der Waals surface area contributed by atoms with Gasteiger partial charge in [0.2, 0.25) is 47.2 Å². The van der Waals surface area contributed by atoms with E-state index < -0.39 is 16.2 Å². The molecule has 6 aromatic carbocycles. The number of hydrogen-bond acceptors (Lipinski definition) is 23. The van der Waals surface area contributed by atoms with Crippen LogP contribution >= 0.6 is 0 Å². The van der Waals surface area contributed by atoms with E-state index in [0.29, 0.717) is 140 Å². The second-order valence-electron chi connectivity index (χ2n) is 42.5. The summed E-state index contributed by atoms with van der Waals surface area (Å²) in [5.41, 5.74) is 23.6. The normalized spacial score (nSPS) is 22.3. The Kier molecular flexibility index (Phi) is 27.2. The van der Waals surface area contributed by atoms with Crippen LogP contribution in [-0.2, 0) is 69.5 Å². The summed E-state index contributed by atoms with van der Waals surface area (Å²) < 4.78 is 16.5. The molecule has 7 saturated heterocycles. The van der Waals surface area contributed by atoms with E-state index in [1.165, 1.54) is 39.1 Å². The number of nitrogens with one attached hydrogen (secondary N) is 1. The first kappa shape index (κ1) is 97.3. The fourth-order valence-corrected chi connectivity index (χ4v) is 23.8. The van der Waals surface area contributed by atoms with Gasteiger partial charge in [0.25, 0.3) is 0 Å². The standard InChI is InChI=1S/2C39H42N8O3.C37H44N8O2/c2*1-26(2)50-34-11-9-31(22-40-34)36-33-20-32(10-8-30(33)21-41-36)47-19-15-39(38(47)49)14-18-45(24-39)23-35(48)46-16-12-28(13-17-46)27-4-6-29(7-5-27)37-42-25-44(3)43-37;1-25-19-29(9-14-38-25)34-32-20-31(8-7-30(32)21-39-34)45-18-13-37(36(45)47)12-17-43(23-37)22-33(46)44-15-10-27(11-16-44)26-3-5-28(6-4-26)35-40-24-42(2)41-35/h2*4-12,20,22,25-26H,13-19,21,23-24H2,1-3H3;3-8,10,20,24-25,29,38H,9,11-19,21-23H2,1-2H3/t2*39-;25?,29?,37-/m100/s1. The number of carbonyl (C=O) groups is 6. The Bertz CT molecular complexity index is 6790. The Morgan fingerprint density at radius 2 is 0.728 bits per heavy atom. The number of carbonyl (C=O) groups excluding carboxylic acids is 6. The molecule has 7 fully saturated rings. The van der Waals surface area contributed by atoms with Crippen molar-refractivity contribution in [1.29, 1.82) is 0 Å². The van der Waals surface area contributed by atoms with Crippen LogP contribution in [-0.4, -0.2) is 279 Å².